The molecule has 0 aromatic heterocycles. The molecule has 116 valence electrons. The molecule has 0 aliphatic heterocycles. The number of rotatable bonds is 7. The molecule has 0 aliphatic rings. The molecule has 0 saturated heterocycles. The molecule has 0 unspecified atom stereocenters. The third-order valence-corrected chi connectivity index (χ3v) is 3.55. The van der Waals surface area contributed by atoms with Gasteiger partial charge in [-0.15, -0.1) is 0 Å². The van der Waals surface area contributed by atoms with Crippen molar-refractivity contribution in [2.45, 2.75) is 25.3 Å². The van der Waals surface area contributed by atoms with Gasteiger partial charge in [-0.2, -0.15) is 0 Å². The van der Waals surface area contributed by atoms with Gasteiger partial charge in [0.2, 0.25) is 0 Å². The third kappa shape index (κ3) is 4.98. The fourth-order valence-corrected chi connectivity index (χ4v) is 2.33. The zero-order valence-corrected chi connectivity index (χ0v) is 12.6. The third-order valence-electron chi connectivity index (χ3n) is 3.55. The molecule has 22 heavy (non-hydrogen) atoms. The fraction of sp³-hybridized carbons (Fsp3) is 0.278. The second-order valence-corrected chi connectivity index (χ2v) is 5.35. The number of amides is 1. The average molecular weight is 298 g/mol. The quantitative estimate of drug-likeness (QED) is 0.609. The Balaban J connectivity index is 1.76. The Bertz CT molecular complexity index is 572. The van der Waals surface area contributed by atoms with E-state index >= 15 is 0 Å². The summed E-state index contributed by atoms with van der Waals surface area (Å²) in [5, 5.41) is 10.6. The number of carbonyl (C=O) groups excluding carboxylic acids is 1. The smallest absolute Gasteiger partial charge is 0.263 e. The summed E-state index contributed by atoms with van der Waals surface area (Å²) in [7, 11) is 0. The predicted molar refractivity (Wildman–Crippen MR) is 86.4 cm³/mol. The highest BCUT2D eigenvalue weighted by Gasteiger charge is 2.19. The van der Waals surface area contributed by atoms with Crippen LogP contribution in [-0.4, -0.2) is 28.8 Å². The van der Waals surface area contributed by atoms with Crippen LogP contribution in [0, 0.1) is 0 Å². The molecule has 0 fully saturated rings. The average Bonchev–Trinajstić information content (AvgIpc) is 2.56. The van der Waals surface area contributed by atoms with E-state index in [1.54, 1.807) is 0 Å². The minimum atomic E-state index is -0.718. The number of hydroxylamine groups is 2. The lowest BCUT2D eigenvalue weighted by atomic mass is 10.1. The van der Waals surface area contributed by atoms with Crippen molar-refractivity contribution in [3.05, 3.63) is 71.8 Å². The summed E-state index contributed by atoms with van der Waals surface area (Å²) in [6.45, 7) is 0.288. The Hall–Kier alpha value is -2.17. The van der Waals surface area contributed by atoms with E-state index in [0.717, 1.165) is 17.0 Å². The summed E-state index contributed by atoms with van der Waals surface area (Å²) >= 11 is 0. The van der Waals surface area contributed by atoms with Crippen LogP contribution in [0.25, 0.3) is 0 Å². The van der Waals surface area contributed by atoms with Crippen molar-refractivity contribution in [3.8, 4) is 0 Å². The second kappa shape index (κ2) is 8.32. The number of hydrogen-bond donors (Lipinski definition) is 2. The van der Waals surface area contributed by atoms with Gasteiger partial charge in [0.1, 0.15) is 0 Å². The van der Waals surface area contributed by atoms with E-state index in [2.05, 4.69) is 0 Å². The normalized spacial score (nSPS) is 11.9. The van der Waals surface area contributed by atoms with Gasteiger partial charge in [0, 0.05) is 6.54 Å². The topological polar surface area (TPSA) is 66.6 Å². The van der Waals surface area contributed by atoms with E-state index in [1.807, 2.05) is 60.7 Å². The molecule has 4 nitrogen and oxygen atoms in total. The Morgan fingerprint density at radius 1 is 1.00 bits per heavy atom. The molecular weight excluding hydrogens is 276 g/mol. The Labute approximate surface area is 131 Å². The summed E-state index contributed by atoms with van der Waals surface area (Å²) in [4.78, 5) is 12.0. The summed E-state index contributed by atoms with van der Waals surface area (Å²) < 4.78 is 0. The van der Waals surface area contributed by atoms with Crippen LogP contribution in [0.15, 0.2) is 60.7 Å². The number of aryl methyl sites for hydroxylation is 1. The molecule has 2 aromatic rings. The first-order valence-corrected chi connectivity index (χ1v) is 7.50. The van der Waals surface area contributed by atoms with Crippen molar-refractivity contribution in [3.63, 3.8) is 0 Å². The summed E-state index contributed by atoms with van der Waals surface area (Å²) in [5.41, 5.74) is 8.06. The monoisotopic (exact) mass is 298 g/mol. The molecule has 0 bridgehead atoms. The van der Waals surface area contributed by atoms with Crippen molar-refractivity contribution in [2.75, 3.05) is 6.54 Å². The Morgan fingerprint density at radius 3 is 2.14 bits per heavy atom. The molecule has 2 aromatic carbocycles. The van der Waals surface area contributed by atoms with Gasteiger partial charge in [-0.1, -0.05) is 60.7 Å². The number of nitrogens with zero attached hydrogens (tertiary/aromatic N) is 1. The van der Waals surface area contributed by atoms with E-state index in [-0.39, 0.29) is 6.54 Å². The SMILES string of the molecule is N[C@@H](Cc1ccccc1)C(=O)N(O)CCCc1ccccc1. The van der Waals surface area contributed by atoms with E-state index in [0.29, 0.717) is 12.8 Å². The largest absolute Gasteiger partial charge is 0.320 e. The van der Waals surface area contributed by atoms with Gasteiger partial charge >= 0.3 is 0 Å². The van der Waals surface area contributed by atoms with E-state index in [9.17, 15) is 10.0 Å². The first-order chi connectivity index (χ1) is 10.7. The molecule has 1 amide bonds. The molecule has 4 heteroatoms. The van der Waals surface area contributed by atoms with Gasteiger partial charge in [-0.25, -0.2) is 5.06 Å². The highest BCUT2D eigenvalue weighted by atomic mass is 16.5. The number of nitrogens with two attached hydrogens (primary N) is 1. The van der Waals surface area contributed by atoms with Gasteiger partial charge < -0.3 is 5.73 Å². The van der Waals surface area contributed by atoms with Crippen LogP contribution in [0.2, 0.25) is 0 Å². The molecule has 0 saturated carbocycles. The zero-order valence-electron chi connectivity index (χ0n) is 12.6. The fourth-order valence-electron chi connectivity index (χ4n) is 2.33. The first kappa shape index (κ1) is 16.2. The maximum absolute atomic E-state index is 12.0. The lowest BCUT2D eigenvalue weighted by molar-refractivity contribution is -0.167. The highest BCUT2D eigenvalue weighted by molar-refractivity contribution is 5.80. The van der Waals surface area contributed by atoms with E-state index in [1.165, 1.54) is 5.56 Å². The van der Waals surface area contributed by atoms with Gasteiger partial charge in [0.15, 0.2) is 0 Å². The molecule has 3 N–H and O–H groups in total. The maximum atomic E-state index is 12.0. The lowest BCUT2D eigenvalue weighted by Crippen LogP contribution is -2.43. The summed E-state index contributed by atoms with van der Waals surface area (Å²) in [6.07, 6.45) is 1.94. The standard InChI is InChI=1S/C18H22N2O2/c19-17(14-16-10-5-2-6-11-16)18(21)20(22)13-7-12-15-8-3-1-4-9-15/h1-6,8-11,17,22H,7,12-14,19H2/t17-/m0/s1. The maximum Gasteiger partial charge on any atom is 0.263 e. The molecule has 1 atom stereocenters. The van der Waals surface area contributed by atoms with E-state index in [4.69, 9.17) is 5.73 Å². The van der Waals surface area contributed by atoms with Gasteiger partial charge in [0.05, 0.1) is 6.04 Å². The first-order valence-electron chi connectivity index (χ1n) is 7.50. The van der Waals surface area contributed by atoms with Crippen LogP contribution in [-0.2, 0) is 17.6 Å². The number of carbonyl (C=O) groups is 1. The van der Waals surface area contributed by atoms with E-state index < -0.39 is 11.9 Å². The van der Waals surface area contributed by atoms with Crippen molar-refractivity contribution in [2.24, 2.45) is 5.73 Å². The second-order valence-electron chi connectivity index (χ2n) is 5.35. The van der Waals surface area contributed by atoms with Crippen molar-refractivity contribution in [1.82, 2.24) is 5.06 Å². The zero-order chi connectivity index (χ0) is 15.8. The minimum absolute atomic E-state index is 0.288. The highest BCUT2D eigenvalue weighted by Crippen LogP contribution is 2.06. The Kier molecular flexibility index (Phi) is 6.13. The molecule has 0 heterocycles. The molecule has 0 spiro atoms. The van der Waals surface area contributed by atoms with Gasteiger partial charge in [-0.3, -0.25) is 10.0 Å². The van der Waals surface area contributed by atoms with Crippen LogP contribution in [0.4, 0.5) is 0 Å². The molecule has 2 rings (SSSR count). The number of hydrogen-bond acceptors (Lipinski definition) is 3. The van der Waals surface area contributed by atoms with Crippen LogP contribution in [0.3, 0.4) is 0 Å². The van der Waals surface area contributed by atoms with Gasteiger partial charge in [0.25, 0.3) is 5.91 Å². The summed E-state index contributed by atoms with van der Waals surface area (Å²) in [5.74, 6) is -0.433. The van der Waals surface area contributed by atoms with Gasteiger partial charge in [-0.05, 0) is 30.4 Å². The van der Waals surface area contributed by atoms with Crippen LogP contribution in [0.5, 0.6) is 0 Å². The van der Waals surface area contributed by atoms with Crippen molar-refractivity contribution >= 4 is 5.91 Å². The molecule has 0 radical (unpaired) electrons. The Morgan fingerprint density at radius 2 is 1.55 bits per heavy atom. The van der Waals surface area contributed by atoms with Crippen LogP contribution in [0.1, 0.15) is 17.5 Å². The lowest BCUT2D eigenvalue weighted by Gasteiger charge is -2.19. The molecule has 0 aliphatic carbocycles. The van der Waals surface area contributed by atoms with Crippen LogP contribution >= 0.6 is 0 Å². The van der Waals surface area contributed by atoms with Crippen LogP contribution < -0.4 is 5.73 Å². The number of benzene rings is 2. The molecular formula is C18H22N2O2. The summed E-state index contributed by atoms with van der Waals surface area (Å²) in [6, 6.07) is 18.8. The van der Waals surface area contributed by atoms with Crippen molar-refractivity contribution in [1.29, 1.82) is 0 Å². The minimum Gasteiger partial charge on any atom is -0.320 e. The van der Waals surface area contributed by atoms with Crippen molar-refractivity contribution < 1.29 is 10.0 Å². The predicted octanol–water partition coefficient (Wildman–Crippen LogP) is 2.41.